The number of unbranched alkanes of at least 4 members (excludes halogenated alkanes) is 1. The molecule has 0 aromatic carbocycles. The molecule has 10 heteroatoms. The summed E-state index contributed by atoms with van der Waals surface area (Å²) in [6, 6.07) is -1.35. The molecular formula is C26H46N4O6. The minimum absolute atomic E-state index is 0.0547. The van der Waals surface area contributed by atoms with E-state index in [2.05, 4.69) is 24.5 Å². The van der Waals surface area contributed by atoms with Gasteiger partial charge >= 0.3 is 5.97 Å². The lowest BCUT2D eigenvalue weighted by atomic mass is 9.95. The van der Waals surface area contributed by atoms with Crippen molar-refractivity contribution >= 4 is 30.0 Å². The Kier molecular flexibility index (Phi) is 14.3. The largest absolute Gasteiger partial charge is 0.461 e. The van der Waals surface area contributed by atoms with Crippen LogP contribution in [0.2, 0.25) is 0 Å². The first-order valence-corrected chi connectivity index (χ1v) is 13.2. The maximum atomic E-state index is 13.0. The third kappa shape index (κ3) is 12.0. The molecule has 0 aromatic rings. The zero-order valence-corrected chi connectivity index (χ0v) is 22.9. The molecule has 2 N–H and O–H groups in total. The summed E-state index contributed by atoms with van der Waals surface area (Å²) in [4.78, 5) is 65.0. The number of carbonyl (C=O) groups excluding carboxylic acids is 5. The fourth-order valence-electron chi connectivity index (χ4n) is 4.33. The van der Waals surface area contributed by atoms with Gasteiger partial charge in [0.25, 0.3) is 0 Å². The van der Waals surface area contributed by atoms with Gasteiger partial charge in [0.2, 0.25) is 17.7 Å². The van der Waals surface area contributed by atoms with Gasteiger partial charge in [-0.3, -0.25) is 24.1 Å². The van der Waals surface area contributed by atoms with Gasteiger partial charge in [0.1, 0.15) is 18.4 Å². The first-order valence-electron chi connectivity index (χ1n) is 13.2. The molecule has 0 bridgehead atoms. The number of amides is 3. The van der Waals surface area contributed by atoms with E-state index in [0.717, 1.165) is 19.4 Å². The number of carbonyl (C=O) groups is 5. The maximum absolute atomic E-state index is 13.0. The van der Waals surface area contributed by atoms with Crippen LogP contribution in [0.4, 0.5) is 0 Å². The lowest BCUT2D eigenvalue weighted by Crippen LogP contribution is -2.53. The number of piperidine rings is 1. The molecule has 1 aliphatic heterocycles. The summed E-state index contributed by atoms with van der Waals surface area (Å²) >= 11 is 0. The minimum atomic E-state index is -0.723. The van der Waals surface area contributed by atoms with Crippen LogP contribution < -0.4 is 10.6 Å². The lowest BCUT2D eigenvalue weighted by Gasteiger charge is -2.33. The highest BCUT2D eigenvalue weighted by atomic mass is 16.5. The van der Waals surface area contributed by atoms with Gasteiger partial charge in [-0.15, -0.1) is 0 Å². The van der Waals surface area contributed by atoms with Crippen LogP contribution in [0.25, 0.3) is 0 Å². The van der Waals surface area contributed by atoms with Crippen molar-refractivity contribution in [2.75, 3.05) is 33.2 Å². The average molecular weight is 511 g/mol. The summed E-state index contributed by atoms with van der Waals surface area (Å²) in [6.45, 7) is 11.2. The molecular weight excluding hydrogens is 464 g/mol. The topological polar surface area (TPSA) is 125 Å². The second kappa shape index (κ2) is 16.3. The Labute approximate surface area is 215 Å². The predicted molar refractivity (Wildman–Crippen MR) is 137 cm³/mol. The number of hydrogen-bond donors (Lipinski definition) is 2. The van der Waals surface area contributed by atoms with E-state index in [9.17, 15) is 24.0 Å². The van der Waals surface area contributed by atoms with Crippen LogP contribution in [0.15, 0.2) is 0 Å². The van der Waals surface area contributed by atoms with Gasteiger partial charge < -0.3 is 25.1 Å². The van der Waals surface area contributed by atoms with E-state index in [4.69, 9.17) is 4.74 Å². The molecule has 3 unspecified atom stereocenters. The van der Waals surface area contributed by atoms with E-state index in [-0.39, 0.29) is 43.2 Å². The molecule has 10 nitrogen and oxygen atoms in total. The molecule has 1 aliphatic rings. The van der Waals surface area contributed by atoms with Crippen LogP contribution in [0.1, 0.15) is 73.1 Å². The van der Waals surface area contributed by atoms with Crippen molar-refractivity contribution in [3.63, 3.8) is 0 Å². The van der Waals surface area contributed by atoms with Crippen molar-refractivity contribution in [3.05, 3.63) is 0 Å². The molecule has 1 rings (SSSR count). The highest BCUT2D eigenvalue weighted by Crippen LogP contribution is 2.19. The van der Waals surface area contributed by atoms with Crippen LogP contribution in [0, 0.1) is 11.8 Å². The van der Waals surface area contributed by atoms with E-state index in [0.29, 0.717) is 38.0 Å². The number of aldehydes is 1. The Hall–Kier alpha value is -2.49. The van der Waals surface area contributed by atoms with Crippen LogP contribution >= 0.6 is 0 Å². The number of likely N-dealkylation sites (N-methyl/N-ethyl adjacent to an activating group) is 1. The Balaban J connectivity index is 2.62. The second-order valence-electron chi connectivity index (χ2n) is 10.4. The number of likely N-dealkylation sites (tertiary alicyclic amines) is 1. The third-order valence-electron chi connectivity index (χ3n) is 6.07. The summed E-state index contributed by atoms with van der Waals surface area (Å²) in [5, 5.41) is 5.43. The fraction of sp³-hybridized carbons (Fsp3) is 0.808. The van der Waals surface area contributed by atoms with Gasteiger partial charge in [-0.2, -0.15) is 0 Å². The third-order valence-corrected chi connectivity index (χ3v) is 6.07. The Morgan fingerprint density at radius 3 is 2.44 bits per heavy atom. The van der Waals surface area contributed by atoms with Crippen molar-refractivity contribution < 1.29 is 28.7 Å². The molecule has 206 valence electrons. The van der Waals surface area contributed by atoms with Crippen LogP contribution in [-0.2, 0) is 28.7 Å². The summed E-state index contributed by atoms with van der Waals surface area (Å²) in [7, 11) is 1.86. The van der Waals surface area contributed by atoms with Crippen LogP contribution in [-0.4, -0.2) is 91.2 Å². The lowest BCUT2D eigenvalue weighted by molar-refractivity contribution is -0.151. The van der Waals surface area contributed by atoms with Crippen molar-refractivity contribution in [1.82, 2.24) is 20.4 Å². The molecule has 1 saturated heterocycles. The number of rotatable bonds is 15. The summed E-state index contributed by atoms with van der Waals surface area (Å²) in [5.74, 6) is -1.17. The first kappa shape index (κ1) is 31.5. The highest BCUT2D eigenvalue weighted by Gasteiger charge is 2.32. The van der Waals surface area contributed by atoms with Crippen LogP contribution in [0.5, 0.6) is 0 Å². The monoisotopic (exact) mass is 510 g/mol. The molecule has 36 heavy (non-hydrogen) atoms. The molecule has 0 spiro atoms. The van der Waals surface area contributed by atoms with Gasteiger partial charge in [0, 0.05) is 19.6 Å². The molecule has 0 aliphatic carbocycles. The summed E-state index contributed by atoms with van der Waals surface area (Å²) < 4.78 is 5.42. The number of nitrogens with one attached hydrogen (secondary N) is 2. The number of nitrogens with zero attached hydrogens (tertiary/aromatic N) is 2. The van der Waals surface area contributed by atoms with E-state index < -0.39 is 24.1 Å². The van der Waals surface area contributed by atoms with E-state index in [1.165, 1.54) is 0 Å². The molecule has 0 radical (unpaired) electrons. The molecule has 4 atom stereocenters. The molecule has 1 heterocycles. The Bertz CT molecular complexity index is 744. The van der Waals surface area contributed by atoms with Gasteiger partial charge in [-0.25, -0.2) is 0 Å². The number of esters is 1. The number of hydrogen-bond acceptors (Lipinski definition) is 7. The predicted octanol–water partition coefficient (Wildman–Crippen LogP) is 1.51. The first-order chi connectivity index (χ1) is 17.0. The van der Waals surface area contributed by atoms with Crippen molar-refractivity contribution in [1.29, 1.82) is 0 Å². The van der Waals surface area contributed by atoms with Gasteiger partial charge in [0.15, 0.2) is 0 Å². The van der Waals surface area contributed by atoms with E-state index in [1.807, 2.05) is 18.9 Å². The molecule has 0 aromatic heterocycles. The van der Waals surface area contributed by atoms with Crippen molar-refractivity contribution in [2.24, 2.45) is 11.8 Å². The fourth-order valence-corrected chi connectivity index (χ4v) is 4.33. The van der Waals surface area contributed by atoms with Gasteiger partial charge in [-0.1, -0.05) is 33.6 Å². The van der Waals surface area contributed by atoms with Crippen molar-refractivity contribution in [2.45, 2.75) is 91.3 Å². The summed E-state index contributed by atoms with van der Waals surface area (Å²) in [6.07, 6.45) is 3.53. The number of ether oxygens (including phenoxy) is 1. The molecule has 3 amide bonds. The molecule has 1 fully saturated rings. The standard InChI is InChI=1S/C26H46N4O6/c1-7-8-11-22(26(35)27-19(4)17-31)28-25(34)21-10-9-12-30(15-21)23(32)13-20(5)36-24(33)16-29(6)14-18(2)3/h17-22H,7-16H2,1-6H3,(H,27,35)(H,28,34)/t19?,20-,21?,22?/m0/s1. The van der Waals surface area contributed by atoms with Crippen LogP contribution in [0.3, 0.4) is 0 Å². The Morgan fingerprint density at radius 1 is 1.14 bits per heavy atom. The zero-order chi connectivity index (χ0) is 27.3. The minimum Gasteiger partial charge on any atom is -0.461 e. The average Bonchev–Trinajstić information content (AvgIpc) is 2.80. The SMILES string of the molecule is CCCCC(NC(=O)C1CCCN(C(=O)C[C@H](C)OC(=O)CN(C)CC(C)C)C1)C(=O)NC(C)C=O. The summed E-state index contributed by atoms with van der Waals surface area (Å²) in [5.41, 5.74) is 0. The van der Waals surface area contributed by atoms with Gasteiger partial charge in [-0.05, 0) is 46.1 Å². The van der Waals surface area contributed by atoms with Gasteiger partial charge in [0.05, 0.1) is 24.9 Å². The Morgan fingerprint density at radius 2 is 1.83 bits per heavy atom. The van der Waals surface area contributed by atoms with E-state index >= 15 is 0 Å². The highest BCUT2D eigenvalue weighted by molar-refractivity contribution is 5.90. The normalized spacial score (nSPS) is 18.3. The van der Waals surface area contributed by atoms with E-state index in [1.54, 1.807) is 18.7 Å². The second-order valence-corrected chi connectivity index (χ2v) is 10.4. The smallest absolute Gasteiger partial charge is 0.320 e. The van der Waals surface area contributed by atoms with Crippen molar-refractivity contribution in [3.8, 4) is 0 Å². The quantitative estimate of drug-likeness (QED) is 0.253. The zero-order valence-electron chi connectivity index (χ0n) is 22.9. The maximum Gasteiger partial charge on any atom is 0.320 e. The molecule has 0 saturated carbocycles.